The highest BCUT2D eigenvalue weighted by Crippen LogP contribution is 2.05. The summed E-state index contributed by atoms with van der Waals surface area (Å²) in [5.74, 6) is -0.298. The second-order valence-corrected chi connectivity index (χ2v) is 3.87. The van der Waals surface area contributed by atoms with Crippen LogP contribution in [-0.4, -0.2) is 27.6 Å². The van der Waals surface area contributed by atoms with Gasteiger partial charge in [0.05, 0.1) is 12.3 Å². The lowest BCUT2D eigenvalue weighted by Crippen LogP contribution is -2.13. The number of ether oxygens (including phenoxy) is 1. The van der Waals surface area contributed by atoms with Crippen LogP contribution in [0.2, 0.25) is 0 Å². The molecule has 18 heavy (non-hydrogen) atoms. The minimum atomic E-state index is -0.298. The molecule has 0 atom stereocenters. The van der Waals surface area contributed by atoms with Gasteiger partial charge >= 0.3 is 5.97 Å². The number of aromatic nitrogens is 3. The number of hydrogen-bond acceptors (Lipinski definition) is 4. The molecule has 0 saturated carbocycles. The van der Waals surface area contributed by atoms with E-state index in [1.54, 1.807) is 13.1 Å². The average molecular weight is 245 g/mol. The summed E-state index contributed by atoms with van der Waals surface area (Å²) in [6.45, 7) is 2.26. The Kier molecular flexibility index (Phi) is 4.06. The molecular formula is C13H15N3O2. The lowest BCUT2D eigenvalue weighted by atomic mass is 10.1. The zero-order valence-electron chi connectivity index (χ0n) is 10.2. The van der Waals surface area contributed by atoms with E-state index >= 15 is 0 Å². The van der Waals surface area contributed by atoms with Gasteiger partial charge in [0.25, 0.3) is 0 Å². The van der Waals surface area contributed by atoms with Gasteiger partial charge < -0.3 is 4.74 Å². The third kappa shape index (κ3) is 3.41. The number of esters is 1. The number of hydrogen-bond donors (Lipinski definition) is 0. The molecule has 0 unspecified atom stereocenters. The Labute approximate surface area is 105 Å². The van der Waals surface area contributed by atoms with Gasteiger partial charge in [-0.25, -0.2) is 4.68 Å². The molecule has 0 radical (unpaired) electrons. The fourth-order valence-electron chi connectivity index (χ4n) is 1.64. The van der Waals surface area contributed by atoms with Crippen LogP contribution in [0.3, 0.4) is 0 Å². The second kappa shape index (κ2) is 5.95. The first-order valence-corrected chi connectivity index (χ1v) is 5.86. The topological polar surface area (TPSA) is 57.0 Å². The van der Waals surface area contributed by atoms with Gasteiger partial charge in [0.15, 0.2) is 0 Å². The number of rotatable bonds is 5. The van der Waals surface area contributed by atoms with Crippen molar-refractivity contribution >= 4 is 5.97 Å². The summed E-state index contributed by atoms with van der Waals surface area (Å²) in [4.78, 5) is 11.3. The monoisotopic (exact) mass is 245 g/mol. The van der Waals surface area contributed by atoms with Gasteiger partial charge in [-0.1, -0.05) is 35.5 Å². The van der Waals surface area contributed by atoms with E-state index < -0.39 is 0 Å². The summed E-state index contributed by atoms with van der Waals surface area (Å²) in [5, 5.41) is 7.93. The fraction of sp³-hybridized carbons (Fsp3) is 0.308. The SMILES string of the molecule is CCOC(=O)Cn1cc(Cc2ccccc2)nn1. The number of benzene rings is 1. The van der Waals surface area contributed by atoms with Crippen LogP contribution in [0.15, 0.2) is 36.5 Å². The summed E-state index contributed by atoms with van der Waals surface area (Å²) in [6.07, 6.45) is 2.48. The first-order valence-electron chi connectivity index (χ1n) is 5.86. The van der Waals surface area contributed by atoms with Gasteiger partial charge in [0.2, 0.25) is 0 Å². The van der Waals surface area contributed by atoms with Crippen LogP contribution in [-0.2, 0) is 22.5 Å². The van der Waals surface area contributed by atoms with Crippen molar-refractivity contribution in [3.8, 4) is 0 Å². The van der Waals surface area contributed by atoms with Gasteiger partial charge in [0.1, 0.15) is 6.54 Å². The molecule has 1 heterocycles. The maximum absolute atomic E-state index is 11.3. The highest BCUT2D eigenvalue weighted by Gasteiger charge is 2.06. The normalized spacial score (nSPS) is 10.3. The van der Waals surface area contributed by atoms with Gasteiger partial charge in [-0.05, 0) is 12.5 Å². The summed E-state index contributed by atoms with van der Waals surface area (Å²) >= 11 is 0. The minimum absolute atomic E-state index is 0.107. The summed E-state index contributed by atoms with van der Waals surface area (Å²) in [6, 6.07) is 10.0. The average Bonchev–Trinajstić information content (AvgIpc) is 2.78. The van der Waals surface area contributed by atoms with E-state index in [2.05, 4.69) is 10.3 Å². The molecule has 0 bridgehead atoms. The molecular weight excluding hydrogens is 230 g/mol. The third-order valence-electron chi connectivity index (χ3n) is 2.41. The van der Waals surface area contributed by atoms with Crippen LogP contribution in [0.4, 0.5) is 0 Å². The van der Waals surface area contributed by atoms with Crippen LogP contribution in [0.1, 0.15) is 18.2 Å². The molecule has 5 nitrogen and oxygen atoms in total. The molecule has 94 valence electrons. The van der Waals surface area contributed by atoms with E-state index in [0.29, 0.717) is 13.0 Å². The van der Waals surface area contributed by atoms with E-state index in [4.69, 9.17) is 4.74 Å². The number of nitrogens with zero attached hydrogens (tertiary/aromatic N) is 3. The maximum atomic E-state index is 11.3. The van der Waals surface area contributed by atoms with E-state index in [1.165, 1.54) is 10.2 Å². The Hall–Kier alpha value is -2.17. The highest BCUT2D eigenvalue weighted by molar-refractivity contribution is 5.68. The zero-order chi connectivity index (χ0) is 12.8. The van der Waals surface area contributed by atoms with Gasteiger partial charge in [-0.3, -0.25) is 4.79 Å². The molecule has 0 N–H and O–H groups in total. The molecule has 1 aromatic heterocycles. The van der Waals surface area contributed by atoms with Crippen molar-refractivity contribution in [2.24, 2.45) is 0 Å². The Morgan fingerprint density at radius 2 is 2.11 bits per heavy atom. The minimum Gasteiger partial charge on any atom is -0.465 e. The summed E-state index contributed by atoms with van der Waals surface area (Å²) < 4.78 is 6.34. The van der Waals surface area contributed by atoms with Crippen LogP contribution < -0.4 is 0 Å². The van der Waals surface area contributed by atoms with Crippen molar-refractivity contribution in [1.82, 2.24) is 15.0 Å². The van der Waals surface area contributed by atoms with Crippen LogP contribution >= 0.6 is 0 Å². The maximum Gasteiger partial charge on any atom is 0.327 e. The number of carbonyl (C=O) groups is 1. The predicted molar refractivity (Wildman–Crippen MR) is 65.9 cm³/mol. The van der Waals surface area contributed by atoms with Crippen LogP contribution in [0.5, 0.6) is 0 Å². The first kappa shape index (κ1) is 12.3. The fourth-order valence-corrected chi connectivity index (χ4v) is 1.64. The predicted octanol–water partition coefficient (Wildman–Crippen LogP) is 1.43. The number of carbonyl (C=O) groups excluding carboxylic acids is 1. The third-order valence-corrected chi connectivity index (χ3v) is 2.41. The molecule has 0 amide bonds. The first-order chi connectivity index (χ1) is 8.78. The van der Waals surface area contributed by atoms with Crippen molar-refractivity contribution in [2.75, 3.05) is 6.61 Å². The molecule has 0 saturated heterocycles. The smallest absolute Gasteiger partial charge is 0.327 e. The molecule has 0 spiro atoms. The van der Waals surface area contributed by atoms with E-state index in [9.17, 15) is 4.79 Å². The second-order valence-electron chi connectivity index (χ2n) is 3.87. The van der Waals surface area contributed by atoms with E-state index in [1.807, 2.05) is 30.3 Å². The van der Waals surface area contributed by atoms with Gasteiger partial charge in [-0.15, -0.1) is 5.10 Å². The summed E-state index contributed by atoms with van der Waals surface area (Å²) in [5.41, 5.74) is 2.01. The van der Waals surface area contributed by atoms with Crippen molar-refractivity contribution in [3.05, 3.63) is 47.8 Å². The molecule has 0 aliphatic carbocycles. The molecule has 5 heteroatoms. The van der Waals surface area contributed by atoms with E-state index in [0.717, 1.165) is 5.69 Å². The largest absolute Gasteiger partial charge is 0.465 e. The Bertz CT molecular complexity index is 508. The Morgan fingerprint density at radius 1 is 1.33 bits per heavy atom. The molecule has 1 aromatic carbocycles. The standard InChI is InChI=1S/C13H15N3O2/c1-2-18-13(17)10-16-9-12(14-15-16)8-11-6-4-3-5-7-11/h3-7,9H,2,8,10H2,1H3. The van der Waals surface area contributed by atoms with Crippen molar-refractivity contribution in [3.63, 3.8) is 0 Å². The lowest BCUT2D eigenvalue weighted by Gasteiger charge is -2.00. The quantitative estimate of drug-likeness (QED) is 0.748. The molecule has 0 aliphatic heterocycles. The van der Waals surface area contributed by atoms with Crippen molar-refractivity contribution in [2.45, 2.75) is 19.9 Å². The van der Waals surface area contributed by atoms with E-state index in [-0.39, 0.29) is 12.5 Å². The van der Waals surface area contributed by atoms with Crippen molar-refractivity contribution < 1.29 is 9.53 Å². The van der Waals surface area contributed by atoms with Gasteiger partial charge in [-0.2, -0.15) is 0 Å². The molecule has 0 aliphatic rings. The Balaban J connectivity index is 1.96. The zero-order valence-corrected chi connectivity index (χ0v) is 10.2. The van der Waals surface area contributed by atoms with Crippen LogP contribution in [0, 0.1) is 0 Å². The Morgan fingerprint density at radius 3 is 2.83 bits per heavy atom. The summed E-state index contributed by atoms with van der Waals surface area (Å²) in [7, 11) is 0. The lowest BCUT2D eigenvalue weighted by molar-refractivity contribution is -0.144. The van der Waals surface area contributed by atoms with Crippen LogP contribution in [0.25, 0.3) is 0 Å². The highest BCUT2D eigenvalue weighted by atomic mass is 16.5. The van der Waals surface area contributed by atoms with Crippen molar-refractivity contribution in [1.29, 1.82) is 0 Å². The molecule has 0 fully saturated rings. The molecule has 2 rings (SSSR count). The molecule has 2 aromatic rings. The van der Waals surface area contributed by atoms with Gasteiger partial charge in [0, 0.05) is 12.6 Å².